The number of amides is 1. The number of benzene rings is 1. The zero-order valence-corrected chi connectivity index (χ0v) is 17.8. The van der Waals surface area contributed by atoms with Crippen LogP contribution in [0.25, 0.3) is 0 Å². The van der Waals surface area contributed by atoms with Crippen LogP contribution in [0.3, 0.4) is 0 Å². The van der Waals surface area contributed by atoms with Crippen molar-refractivity contribution in [2.24, 2.45) is 17.2 Å². The monoisotopic (exact) mass is 457 g/mol. The van der Waals surface area contributed by atoms with Gasteiger partial charge in [-0.1, -0.05) is 49.2 Å². The summed E-state index contributed by atoms with van der Waals surface area (Å²) in [5, 5.41) is 22.8. The number of halogens is 2. The van der Waals surface area contributed by atoms with E-state index in [1.54, 1.807) is 24.3 Å². The summed E-state index contributed by atoms with van der Waals surface area (Å²) in [6, 6.07) is 6.78. The van der Waals surface area contributed by atoms with Gasteiger partial charge >= 0.3 is 5.97 Å². The largest absolute Gasteiger partial charge is 0.481 e. The lowest BCUT2D eigenvalue weighted by Crippen LogP contribution is -2.50. The second-order valence-corrected chi connectivity index (χ2v) is 6.81. The lowest BCUT2D eigenvalue weighted by molar-refractivity contribution is -0.136. The Hall–Kier alpha value is -3.11. The summed E-state index contributed by atoms with van der Waals surface area (Å²) < 4.78 is 0. The van der Waals surface area contributed by atoms with Gasteiger partial charge in [0.1, 0.15) is 22.5 Å². The average molecular weight is 458 g/mol. The SMILES string of the molecule is CCCC(NC(=N)N1C(N)=C(Cl)NC(C(N)=O)=C1N)c1ccc(CC(=O)O)cc1.Cl. The molecule has 12 heteroatoms. The maximum Gasteiger partial charge on any atom is 0.307 e. The van der Waals surface area contributed by atoms with E-state index in [0.29, 0.717) is 12.0 Å². The van der Waals surface area contributed by atoms with E-state index in [0.717, 1.165) is 16.9 Å². The quantitative estimate of drug-likeness (QED) is 0.179. The molecule has 1 heterocycles. The van der Waals surface area contributed by atoms with Crippen molar-refractivity contribution in [1.82, 2.24) is 15.5 Å². The van der Waals surface area contributed by atoms with Gasteiger partial charge in [-0.2, -0.15) is 0 Å². The molecule has 1 aromatic carbocycles. The number of rotatable bonds is 7. The molecule has 1 aromatic rings. The number of carbonyl (C=O) groups is 2. The van der Waals surface area contributed by atoms with Crippen molar-refractivity contribution in [2.75, 3.05) is 0 Å². The van der Waals surface area contributed by atoms with Crippen molar-refractivity contribution < 1.29 is 14.7 Å². The fraction of sp³-hybridized carbons (Fsp3) is 0.278. The molecular formula is C18H25Cl2N7O3. The van der Waals surface area contributed by atoms with Crippen LogP contribution in [0.5, 0.6) is 0 Å². The molecule has 0 radical (unpaired) electrons. The van der Waals surface area contributed by atoms with Gasteiger partial charge in [-0.05, 0) is 17.5 Å². The van der Waals surface area contributed by atoms with E-state index >= 15 is 0 Å². The first kappa shape index (κ1) is 24.9. The van der Waals surface area contributed by atoms with E-state index in [4.69, 9.17) is 39.3 Å². The smallest absolute Gasteiger partial charge is 0.307 e. The summed E-state index contributed by atoms with van der Waals surface area (Å²) in [5.41, 5.74) is 18.6. The van der Waals surface area contributed by atoms with Crippen molar-refractivity contribution >= 4 is 41.8 Å². The van der Waals surface area contributed by atoms with Gasteiger partial charge in [0.05, 0.1) is 12.5 Å². The third kappa shape index (κ3) is 5.71. The highest BCUT2D eigenvalue weighted by molar-refractivity contribution is 6.30. The fourth-order valence-corrected chi connectivity index (χ4v) is 3.07. The molecule has 0 aromatic heterocycles. The van der Waals surface area contributed by atoms with E-state index in [9.17, 15) is 9.59 Å². The van der Waals surface area contributed by atoms with Crippen molar-refractivity contribution in [1.29, 1.82) is 5.41 Å². The molecule has 0 saturated heterocycles. The van der Waals surface area contributed by atoms with Crippen LogP contribution in [0.1, 0.15) is 36.9 Å². The molecule has 30 heavy (non-hydrogen) atoms. The van der Waals surface area contributed by atoms with E-state index in [2.05, 4.69) is 10.6 Å². The number of carboxylic acid groups (broad SMARTS) is 1. The topological polar surface area (TPSA) is 184 Å². The van der Waals surface area contributed by atoms with Crippen molar-refractivity contribution in [3.63, 3.8) is 0 Å². The molecule has 10 N–H and O–H groups in total. The minimum Gasteiger partial charge on any atom is -0.481 e. The lowest BCUT2D eigenvalue weighted by Gasteiger charge is -2.33. The number of hydrogen-bond acceptors (Lipinski definition) is 6. The Labute approximate surface area is 185 Å². The van der Waals surface area contributed by atoms with Gasteiger partial charge in [-0.3, -0.25) is 15.0 Å². The number of nitrogens with one attached hydrogen (secondary N) is 3. The molecule has 0 bridgehead atoms. The van der Waals surface area contributed by atoms with Gasteiger partial charge in [0.25, 0.3) is 5.91 Å². The number of nitrogens with zero attached hydrogens (tertiary/aromatic N) is 1. The molecule has 1 aliphatic rings. The lowest BCUT2D eigenvalue weighted by atomic mass is 10.00. The average Bonchev–Trinajstić information content (AvgIpc) is 2.64. The minimum absolute atomic E-state index is 0. The Morgan fingerprint density at radius 1 is 1.27 bits per heavy atom. The zero-order chi connectivity index (χ0) is 21.7. The third-order valence-electron chi connectivity index (χ3n) is 4.29. The standard InChI is InChI=1S/C18H24ClN7O3.ClH/c1-2-3-11(10-6-4-9(5-7-10)8-12(27)28)24-18(23)26-15(20)13(17(22)29)25-14(19)16(26)21;/h4-7,11,25H,2-3,8,20-21H2,1H3,(H2,22,29)(H2,23,24)(H,27,28);1H. The van der Waals surface area contributed by atoms with E-state index in [1.807, 2.05) is 6.92 Å². The van der Waals surface area contributed by atoms with Crippen LogP contribution < -0.4 is 27.8 Å². The van der Waals surface area contributed by atoms with Gasteiger partial charge in [0.2, 0.25) is 5.96 Å². The number of guanidine groups is 1. The fourth-order valence-electron chi connectivity index (χ4n) is 2.89. The Morgan fingerprint density at radius 2 is 1.87 bits per heavy atom. The van der Waals surface area contributed by atoms with Crippen LogP contribution in [0, 0.1) is 5.41 Å². The predicted molar refractivity (Wildman–Crippen MR) is 116 cm³/mol. The first-order chi connectivity index (χ1) is 13.6. The maximum atomic E-state index is 11.6. The molecule has 0 fully saturated rings. The summed E-state index contributed by atoms with van der Waals surface area (Å²) in [6.45, 7) is 1.99. The van der Waals surface area contributed by atoms with Crippen LogP contribution in [0.15, 0.2) is 46.8 Å². The molecular weight excluding hydrogens is 433 g/mol. The van der Waals surface area contributed by atoms with Crippen LogP contribution in [-0.2, 0) is 16.0 Å². The molecule has 1 aliphatic heterocycles. The molecule has 0 saturated carbocycles. The summed E-state index contributed by atoms with van der Waals surface area (Å²) in [5.74, 6) is -2.15. The summed E-state index contributed by atoms with van der Waals surface area (Å²) in [4.78, 5) is 23.5. The molecule has 0 aliphatic carbocycles. The number of aliphatic carboxylic acids is 1. The van der Waals surface area contributed by atoms with Crippen molar-refractivity contribution in [3.05, 3.63) is 57.9 Å². The Bertz CT molecular complexity index is 884. The van der Waals surface area contributed by atoms with Crippen LogP contribution in [0.2, 0.25) is 0 Å². The molecule has 1 amide bonds. The summed E-state index contributed by atoms with van der Waals surface area (Å²) >= 11 is 6.02. The van der Waals surface area contributed by atoms with Crippen LogP contribution in [-0.4, -0.2) is 27.8 Å². The van der Waals surface area contributed by atoms with E-state index in [-0.39, 0.29) is 53.3 Å². The zero-order valence-electron chi connectivity index (χ0n) is 16.2. The van der Waals surface area contributed by atoms with Gasteiger partial charge in [0, 0.05) is 0 Å². The molecule has 1 unspecified atom stereocenters. The first-order valence-corrected chi connectivity index (χ1v) is 9.21. The second-order valence-electron chi connectivity index (χ2n) is 6.43. The Kier molecular flexibility index (Phi) is 8.81. The van der Waals surface area contributed by atoms with Crippen molar-refractivity contribution in [2.45, 2.75) is 32.2 Å². The summed E-state index contributed by atoms with van der Waals surface area (Å²) in [7, 11) is 0. The number of nitrogens with two attached hydrogens (primary N) is 3. The molecule has 10 nitrogen and oxygen atoms in total. The third-order valence-corrected chi connectivity index (χ3v) is 4.58. The van der Waals surface area contributed by atoms with E-state index in [1.165, 1.54) is 0 Å². The van der Waals surface area contributed by atoms with Crippen LogP contribution >= 0.6 is 24.0 Å². The highest BCUT2D eigenvalue weighted by Crippen LogP contribution is 2.23. The van der Waals surface area contributed by atoms with Crippen molar-refractivity contribution in [3.8, 4) is 0 Å². The Balaban J connectivity index is 0.00000450. The minimum atomic E-state index is -0.909. The number of carbonyl (C=O) groups excluding carboxylic acids is 1. The predicted octanol–water partition coefficient (Wildman–Crippen LogP) is 0.943. The van der Waals surface area contributed by atoms with Gasteiger partial charge in [-0.25, -0.2) is 4.90 Å². The Morgan fingerprint density at radius 3 is 2.37 bits per heavy atom. The maximum absolute atomic E-state index is 11.6. The highest BCUT2D eigenvalue weighted by atomic mass is 35.5. The highest BCUT2D eigenvalue weighted by Gasteiger charge is 2.30. The van der Waals surface area contributed by atoms with Gasteiger partial charge in [-0.15, -0.1) is 12.4 Å². The molecule has 2 rings (SSSR count). The second kappa shape index (κ2) is 10.6. The normalized spacial score (nSPS) is 14.5. The number of hydrogen-bond donors (Lipinski definition) is 7. The van der Waals surface area contributed by atoms with Gasteiger partial charge in [0.15, 0.2) is 0 Å². The van der Waals surface area contributed by atoms with Crippen LogP contribution in [0.4, 0.5) is 0 Å². The first-order valence-electron chi connectivity index (χ1n) is 8.83. The number of primary amides is 1. The molecule has 164 valence electrons. The number of carboxylic acids is 1. The van der Waals surface area contributed by atoms with Gasteiger partial charge < -0.3 is 32.9 Å². The molecule has 1 atom stereocenters. The van der Waals surface area contributed by atoms with E-state index < -0.39 is 11.9 Å². The summed E-state index contributed by atoms with van der Waals surface area (Å²) in [6.07, 6.45) is 1.42. The molecule has 0 spiro atoms.